The number of sulfonamides is 1. The first kappa shape index (κ1) is 22.5. The molecule has 144 valence electrons. The van der Waals surface area contributed by atoms with Crippen molar-refractivity contribution in [2.75, 3.05) is 19.6 Å². The molecule has 0 saturated carbocycles. The van der Waals surface area contributed by atoms with Gasteiger partial charge in [0.1, 0.15) is 0 Å². The van der Waals surface area contributed by atoms with Crippen molar-refractivity contribution in [3.8, 4) is 0 Å². The van der Waals surface area contributed by atoms with Crippen LogP contribution >= 0.6 is 24.0 Å². The molecule has 25 heavy (non-hydrogen) atoms. The molecule has 1 saturated heterocycles. The molecule has 1 aromatic rings. The van der Waals surface area contributed by atoms with E-state index in [4.69, 9.17) is 11.6 Å². The highest BCUT2D eigenvalue weighted by Gasteiger charge is 2.37. The number of nitrogens with one attached hydrogen (secondary N) is 1. The van der Waals surface area contributed by atoms with Gasteiger partial charge in [0.2, 0.25) is 10.0 Å². The zero-order chi connectivity index (χ0) is 18.0. The minimum atomic E-state index is -4.70. The van der Waals surface area contributed by atoms with E-state index in [9.17, 15) is 21.6 Å². The predicted molar refractivity (Wildman–Crippen MR) is 93.8 cm³/mol. The summed E-state index contributed by atoms with van der Waals surface area (Å²) in [5.41, 5.74) is -1.13. The Balaban J connectivity index is 0.00000312. The molecule has 1 N–H and O–H groups in total. The summed E-state index contributed by atoms with van der Waals surface area (Å²) in [6.07, 6.45) is -2.84. The number of piperidine rings is 1. The molecule has 0 aliphatic carbocycles. The number of nitrogens with zero attached hydrogens (tertiary/aromatic N) is 1. The quantitative estimate of drug-likeness (QED) is 0.784. The Hall–Kier alpha value is -0.540. The summed E-state index contributed by atoms with van der Waals surface area (Å²) in [4.78, 5) is -0.369. The Labute approximate surface area is 157 Å². The van der Waals surface area contributed by atoms with Gasteiger partial charge in [0, 0.05) is 12.6 Å². The van der Waals surface area contributed by atoms with Gasteiger partial charge >= 0.3 is 6.18 Å². The number of alkyl halides is 3. The lowest BCUT2D eigenvalue weighted by molar-refractivity contribution is -0.137. The maximum Gasteiger partial charge on any atom is 0.417 e. The minimum Gasteiger partial charge on any atom is -0.317 e. The topological polar surface area (TPSA) is 49.4 Å². The third-order valence-corrected chi connectivity index (χ3v) is 6.29. The van der Waals surface area contributed by atoms with Crippen LogP contribution in [0, 0.1) is 0 Å². The van der Waals surface area contributed by atoms with Crippen LogP contribution in [-0.4, -0.2) is 38.4 Å². The van der Waals surface area contributed by atoms with Crippen LogP contribution in [0.2, 0.25) is 5.02 Å². The lowest BCUT2D eigenvalue weighted by Crippen LogP contribution is -2.46. The van der Waals surface area contributed by atoms with Gasteiger partial charge in [-0.3, -0.25) is 0 Å². The molecule has 1 aromatic carbocycles. The van der Waals surface area contributed by atoms with Gasteiger partial charge < -0.3 is 5.32 Å². The van der Waals surface area contributed by atoms with E-state index >= 15 is 0 Å². The van der Waals surface area contributed by atoms with Crippen molar-refractivity contribution in [3.63, 3.8) is 0 Å². The molecule has 1 aliphatic rings. The Bertz CT molecular complexity index is 678. The van der Waals surface area contributed by atoms with Gasteiger partial charge in [0.05, 0.1) is 15.5 Å². The van der Waals surface area contributed by atoms with Gasteiger partial charge in [-0.05, 0) is 50.6 Å². The molecule has 1 aliphatic heterocycles. The minimum absolute atomic E-state index is 0. The third-order valence-electron chi connectivity index (χ3n) is 4.01. The molecule has 0 unspecified atom stereocenters. The van der Waals surface area contributed by atoms with Crippen molar-refractivity contribution in [2.45, 2.75) is 43.3 Å². The maximum absolute atomic E-state index is 13.0. The standard InChI is InChI=1S/C15H20ClF3N2O2S.ClH/c1-2-9-21(11-5-7-20-8-6-11)24(22,23)12-3-4-14(16)13(10-12)15(17,18)19;/h3-4,10-11,20H,2,5-9H2,1H3;1H. The molecular weight excluding hydrogens is 400 g/mol. The Morgan fingerprint density at radius 3 is 2.40 bits per heavy atom. The molecule has 4 nitrogen and oxygen atoms in total. The van der Waals surface area contributed by atoms with Crippen LogP contribution in [0.4, 0.5) is 13.2 Å². The van der Waals surface area contributed by atoms with Crippen LogP contribution in [0.1, 0.15) is 31.7 Å². The van der Waals surface area contributed by atoms with Crippen molar-refractivity contribution in [1.82, 2.24) is 9.62 Å². The van der Waals surface area contributed by atoms with Gasteiger partial charge in [0.15, 0.2) is 0 Å². The highest BCUT2D eigenvalue weighted by Crippen LogP contribution is 2.36. The molecule has 0 atom stereocenters. The summed E-state index contributed by atoms with van der Waals surface area (Å²) in [6.45, 7) is 3.49. The van der Waals surface area contributed by atoms with Crippen LogP contribution in [0.5, 0.6) is 0 Å². The van der Waals surface area contributed by atoms with E-state index in [0.29, 0.717) is 38.4 Å². The van der Waals surface area contributed by atoms with Gasteiger partial charge in [-0.15, -0.1) is 12.4 Å². The van der Waals surface area contributed by atoms with Crippen molar-refractivity contribution in [2.24, 2.45) is 0 Å². The second-order valence-electron chi connectivity index (χ2n) is 5.74. The van der Waals surface area contributed by atoms with Crippen LogP contribution < -0.4 is 5.32 Å². The number of hydrogen-bond donors (Lipinski definition) is 1. The van der Waals surface area contributed by atoms with Gasteiger partial charge in [-0.1, -0.05) is 18.5 Å². The molecule has 10 heteroatoms. The fourth-order valence-corrected chi connectivity index (χ4v) is 4.86. The molecule has 2 rings (SSSR count). The number of rotatable bonds is 5. The van der Waals surface area contributed by atoms with E-state index in [-0.39, 0.29) is 29.9 Å². The van der Waals surface area contributed by atoms with Crippen molar-refractivity contribution in [1.29, 1.82) is 0 Å². The second-order valence-corrected chi connectivity index (χ2v) is 8.03. The molecular formula is C15H21Cl2F3N2O2S. The number of halogens is 5. The summed E-state index contributed by atoms with van der Waals surface area (Å²) < 4.78 is 66.2. The van der Waals surface area contributed by atoms with E-state index in [2.05, 4.69) is 5.32 Å². The summed E-state index contributed by atoms with van der Waals surface area (Å²) in [5, 5.41) is 2.64. The average molecular weight is 421 g/mol. The highest BCUT2D eigenvalue weighted by atomic mass is 35.5. The third kappa shape index (κ3) is 5.23. The van der Waals surface area contributed by atoms with Crippen molar-refractivity contribution in [3.05, 3.63) is 28.8 Å². The van der Waals surface area contributed by atoms with Crippen LogP contribution in [0.25, 0.3) is 0 Å². The smallest absolute Gasteiger partial charge is 0.317 e. The first-order valence-corrected chi connectivity index (χ1v) is 9.59. The van der Waals surface area contributed by atoms with Gasteiger partial charge in [-0.2, -0.15) is 17.5 Å². The molecule has 0 bridgehead atoms. The first-order valence-electron chi connectivity index (χ1n) is 7.77. The summed E-state index contributed by atoms with van der Waals surface area (Å²) in [6, 6.07) is 2.54. The maximum atomic E-state index is 13.0. The van der Waals surface area contributed by atoms with E-state index in [0.717, 1.165) is 12.1 Å². The molecule has 1 fully saturated rings. The summed E-state index contributed by atoms with van der Waals surface area (Å²) >= 11 is 5.58. The number of benzene rings is 1. The van der Waals surface area contributed by atoms with Crippen LogP contribution in [0.3, 0.4) is 0 Å². The van der Waals surface area contributed by atoms with Crippen molar-refractivity contribution < 1.29 is 21.6 Å². The highest BCUT2D eigenvalue weighted by molar-refractivity contribution is 7.89. The Morgan fingerprint density at radius 1 is 1.28 bits per heavy atom. The van der Waals surface area contributed by atoms with Crippen LogP contribution in [-0.2, 0) is 16.2 Å². The molecule has 1 heterocycles. The normalized spacial score (nSPS) is 16.7. The fraction of sp³-hybridized carbons (Fsp3) is 0.600. The van der Waals surface area contributed by atoms with Crippen LogP contribution in [0.15, 0.2) is 23.1 Å². The zero-order valence-electron chi connectivity index (χ0n) is 13.6. The zero-order valence-corrected chi connectivity index (χ0v) is 16.0. The fourth-order valence-electron chi connectivity index (χ4n) is 2.83. The number of hydrogen-bond acceptors (Lipinski definition) is 3. The molecule has 0 radical (unpaired) electrons. The Morgan fingerprint density at radius 2 is 1.88 bits per heavy atom. The van der Waals surface area contributed by atoms with E-state index in [1.807, 2.05) is 6.92 Å². The predicted octanol–water partition coefficient (Wildman–Crippen LogP) is 3.93. The molecule has 0 aromatic heterocycles. The first-order chi connectivity index (χ1) is 11.2. The Kier molecular flexibility index (Phi) is 8.01. The van der Waals surface area contributed by atoms with Crippen molar-refractivity contribution >= 4 is 34.0 Å². The summed E-state index contributed by atoms with van der Waals surface area (Å²) in [5.74, 6) is 0. The van der Waals surface area contributed by atoms with Gasteiger partial charge in [-0.25, -0.2) is 8.42 Å². The molecule has 0 spiro atoms. The lowest BCUT2D eigenvalue weighted by atomic mass is 10.1. The summed E-state index contributed by atoms with van der Waals surface area (Å²) in [7, 11) is -4.02. The molecule has 0 amide bonds. The van der Waals surface area contributed by atoms with Gasteiger partial charge in [0.25, 0.3) is 0 Å². The lowest BCUT2D eigenvalue weighted by Gasteiger charge is -2.33. The van der Waals surface area contributed by atoms with E-state index < -0.39 is 26.8 Å². The SMILES string of the molecule is CCCN(C1CCNCC1)S(=O)(=O)c1ccc(Cl)c(C(F)(F)F)c1.Cl. The largest absolute Gasteiger partial charge is 0.417 e. The monoisotopic (exact) mass is 420 g/mol. The second kappa shape index (κ2) is 8.90. The van der Waals surface area contributed by atoms with E-state index in [1.165, 1.54) is 4.31 Å². The average Bonchev–Trinajstić information content (AvgIpc) is 2.52. The van der Waals surface area contributed by atoms with E-state index in [1.54, 1.807) is 0 Å².